The lowest BCUT2D eigenvalue weighted by atomic mass is 10.1. The molecule has 1 saturated carbocycles. The Morgan fingerprint density at radius 3 is 2.86 bits per heavy atom. The van der Waals surface area contributed by atoms with Gasteiger partial charge in [-0.25, -0.2) is 9.97 Å². The third-order valence-electron chi connectivity index (χ3n) is 3.02. The monoisotopic (exact) mass is 191 g/mol. The molecule has 1 unspecified atom stereocenters. The van der Waals surface area contributed by atoms with Gasteiger partial charge in [0.25, 0.3) is 0 Å². The van der Waals surface area contributed by atoms with Gasteiger partial charge in [0.1, 0.15) is 11.6 Å². The highest BCUT2D eigenvalue weighted by molar-refractivity contribution is 5.33. The Balaban J connectivity index is 1.87. The Morgan fingerprint density at radius 2 is 2.29 bits per heavy atom. The van der Waals surface area contributed by atoms with Crippen molar-refractivity contribution < 1.29 is 0 Å². The average Bonchev–Trinajstić information content (AvgIpc) is 2.71. The summed E-state index contributed by atoms with van der Waals surface area (Å²) in [4.78, 5) is 8.36. The fraction of sp³-hybridized carbons (Fsp3) is 0.636. The smallest absolute Gasteiger partial charge is 0.129 e. The van der Waals surface area contributed by atoms with E-state index in [9.17, 15) is 0 Å². The quantitative estimate of drug-likeness (QED) is 0.796. The first-order valence-electron chi connectivity index (χ1n) is 5.11. The maximum atomic E-state index is 4.30. The van der Waals surface area contributed by atoms with Crippen molar-refractivity contribution in [2.45, 2.75) is 27.2 Å². The predicted molar refractivity (Wildman–Crippen MR) is 57.1 cm³/mol. The lowest BCUT2D eigenvalue weighted by Crippen LogP contribution is -2.08. The van der Waals surface area contributed by atoms with Gasteiger partial charge in [0.05, 0.1) is 0 Å². The van der Waals surface area contributed by atoms with Crippen LogP contribution in [0.15, 0.2) is 12.3 Å². The summed E-state index contributed by atoms with van der Waals surface area (Å²) in [5.41, 5.74) is 0.537. The van der Waals surface area contributed by atoms with Gasteiger partial charge in [-0.1, -0.05) is 13.8 Å². The van der Waals surface area contributed by atoms with Gasteiger partial charge in [-0.3, -0.25) is 0 Å². The zero-order valence-electron chi connectivity index (χ0n) is 9.04. The first-order chi connectivity index (χ1) is 6.58. The molecule has 1 atom stereocenters. The topological polar surface area (TPSA) is 37.8 Å². The van der Waals surface area contributed by atoms with E-state index in [1.165, 1.54) is 6.42 Å². The van der Waals surface area contributed by atoms with E-state index in [-0.39, 0.29) is 0 Å². The first kappa shape index (κ1) is 9.44. The van der Waals surface area contributed by atoms with Crippen LogP contribution in [0.3, 0.4) is 0 Å². The molecule has 0 amide bonds. The van der Waals surface area contributed by atoms with Gasteiger partial charge in [-0.2, -0.15) is 0 Å². The lowest BCUT2D eigenvalue weighted by Gasteiger charge is -2.06. The van der Waals surface area contributed by atoms with Gasteiger partial charge in [0.15, 0.2) is 0 Å². The van der Waals surface area contributed by atoms with Crippen LogP contribution in [0.4, 0.5) is 5.82 Å². The largest absolute Gasteiger partial charge is 0.370 e. The minimum Gasteiger partial charge on any atom is -0.370 e. The molecule has 1 aliphatic rings. The van der Waals surface area contributed by atoms with E-state index < -0.39 is 0 Å². The van der Waals surface area contributed by atoms with Crippen LogP contribution in [0.1, 0.15) is 26.1 Å². The van der Waals surface area contributed by atoms with E-state index in [1.807, 2.05) is 13.0 Å². The first-order valence-corrected chi connectivity index (χ1v) is 5.11. The van der Waals surface area contributed by atoms with Crippen LogP contribution in [0.5, 0.6) is 0 Å². The predicted octanol–water partition coefficient (Wildman–Crippen LogP) is 2.24. The van der Waals surface area contributed by atoms with Crippen LogP contribution in [-0.2, 0) is 0 Å². The summed E-state index contributed by atoms with van der Waals surface area (Å²) >= 11 is 0. The van der Waals surface area contributed by atoms with Crippen LogP contribution in [0, 0.1) is 18.3 Å². The van der Waals surface area contributed by atoms with Gasteiger partial charge in [-0.15, -0.1) is 0 Å². The molecular formula is C11H17N3. The molecule has 0 radical (unpaired) electrons. The van der Waals surface area contributed by atoms with E-state index in [0.29, 0.717) is 5.41 Å². The van der Waals surface area contributed by atoms with Crippen molar-refractivity contribution in [2.24, 2.45) is 11.3 Å². The van der Waals surface area contributed by atoms with E-state index in [2.05, 4.69) is 29.1 Å². The molecule has 1 fully saturated rings. The van der Waals surface area contributed by atoms with Crippen molar-refractivity contribution in [1.82, 2.24) is 9.97 Å². The summed E-state index contributed by atoms with van der Waals surface area (Å²) in [6, 6.07) is 1.92. The summed E-state index contributed by atoms with van der Waals surface area (Å²) in [5.74, 6) is 2.57. The van der Waals surface area contributed by atoms with Gasteiger partial charge in [0.2, 0.25) is 0 Å². The fourth-order valence-corrected chi connectivity index (χ4v) is 1.71. The number of aromatic nitrogens is 2. The average molecular weight is 191 g/mol. The van der Waals surface area contributed by atoms with E-state index in [0.717, 1.165) is 24.1 Å². The van der Waals surface area contributed by atoms with E-state index in [4.69, 9.17) is 0 Å². The molecule has 2 rings (SSSR count). The maximum absolute atomic E-state index is 4.30. The summed E-state index contributed by atoms with van der Waals surface area (Å²) < 4.78 is 0. The minimum absolute atomic E-state index is 0.537. The molecule has 0 saturated heterocycles. The third-order valence-corrected chi connectivity index (χ3v) is 3.02. The molecule has 0 aliphatic heterocycles. The Hall–Kier alpha value is -1.12. The fourth-order valence-electron chi connectivity index (χ4n) is 1.71. The SMILES string of the molecule is Cc1nccc(NCC2CC2(C)C)n1. The molecule has 3 heteroatoms. The zero-order valence-corrected chi connectivity index (χ0v) is 9.04. The van der Waals surface area contributed by atoms with E-state index >= 15 is 0 Å². The number of rotatable bonds is 3. The summed E-state index contributed by atoms with van der Waals surface area (Å²) in [6.07, 6.45) is 3.12. The van der Waals surface area contributed by atoms with Gasteiger partial charge >= 0.3 is 0 Å². The summed E-state index contributed by atoms with van der Waals surface area (Å²) in [6.45, 7) is 7.56. The molecule has 3 nitrogen and oxygen atoms in total. The van der Waals surface area contributed by atoms with Crippen molar-refractivity contribution in [3.05, 3.63) is 18.1 Å². The summed E-state index contributed by atoms with van der Waals surface area (Å²) in [7, 11) is 0. The standard InChI is InChI=1S/C11H17N3/c1-8-12-5-4-10(14-8)13-7-9-6-11(9,2)3/h4-5,9H,6-7H2,1-3H3,(H,12,13,14). The highest BCUT2D eigenvalue weighted by Gasteiger charge is 2.44. The van der Waals surface area contributed by atoms with Gasteiger partial charge in [-0.05, 0) is 30.7 Å². The highest BCUT2D eigenvalue weighted by Crippen LogP contribution is 2.51. The second-order valence-corrected chi connectivity index (χ2v) is 4.76. The molecule has 14 heavy (non-hydrogen) atoms. The molecule has 1 aromatic heterocycles. The number of hydrogen-bond donors (Lipinski definition) is 1. The number of anilines is 1. The van der Waals surface area contributed by atoms with Crippen molar-refractivity contribution in [3.63, 3.8) is 0 Å². The van der Waals surface area contributed by atoms with Crippen LogP contribution in [-0.4, -0.2) is 16.5 Å². The number of aryl methyl sites for hydroxylation is 1. The number of hydrogen-bond acceptors (Lipinski definition) is 3. The Morgan fingerprint density at radius 1 is 1.57 bits per heavy atom. The molecular weight excluding hydrogens is 174 g/mol. The molecule has 0 aromatic carbocycles. The summed E-state index contributed by atoms with van der Waals surface area (Å²) in [5, 5.41) is 3.35. The molecule has 0 spiro atoms. The molecule has 0 bridgehead atoms. The van der Waals surface area contributed by atoms with Crippen molar-refractivity contribution in [2.75, 3.05) is 11.9 Å². The molecule has 1 aromatic rings. The van der Waals surface area contributed by atoms with Crippen molar-refractivity contribution >= 4 is 5.82 Å². The zero-order chi connectivity index (χ0) is 10.2. The van der Waals surface area contributed by atoms with Crippen LogP contribution < -0.4 is 5.32 Å². The van der Waals surface area contributed by atoms with Crippen LogP contribution >= 0.6 is 0 Å². The van der Waals surface area contributed by atoms with Crippen LogP contribution in [0.25, 0.3) is 0 Å². The molecule has 1 heterocycles. The highest BCUT2D eigenvalue weighted by atomic mass is 15.0. The van der Waals surface area contributed by atoms with Crippen molar-refractivity contribution in [3.8, 4) is 0 Å². The Kier molecular flexibility index (Phi) is 2.17. The molecule has 76 valence electrons. The Bertz CT molecular complexity index is 333. The maximum Gasteiger partial charge on any atom is 0.129 e. The third kappa shape index (κ3) is 2.03. The normalized spacial score (nSPS) is 23.2. The second-order valence-electron chi connectivity index (χ2n) is 4.76. The van der Waals surface area contributed by atoms with Gasteiger partial charge in [0, 0.05) is 12.7 Å². The molecule has 1 N–H and O–H groups in total. The number of nitrogens with one attached hydrogen (secondary N) is 1. The number of nitrogens with zero attached hydrogens (tertiary/aromatic N) is 2. The van der Waals surface area contributed by atoms with Gasteiger partial charge < -0.3 is 5.32 Å². The Labute approximate surface area is 85.0 Å². The van der Waals surface area contributed by atoms with E-state index in [1.54, 1.807) is 6.20 Å². The van der Waals surface area contributed by atoms with Crippen LogP contribution in [0.2, 0.25) is 0 Å². The minimum atomic E-state index is 0.537. The van der Waals surface area contributed by atoms with Crippen molar-refractivity contribution in [1.29, 1.82) is 0 Å². The lowest BCUT2D eigenvalue weighted by molar-refractivity contribution is 0.573. The molecule has 1 aliphatic carbocycles. The second kappa shape index (κ2) is 3.23.